The molecule has 8 heteroatoms. The number of anilines is 1. The standard InChI is InChI=1S/C23H26BrFN2O4/c1-23(2,3)31-22(29)26-13-16(14-26)21(28)27(20-10-7-17(25)11-19(20)24)12-15-5-8-18(30-4)9-6-15/h5-11,16H,12-14H2,1-4H3. The Morgan fingerprint density at radius 2 is 1.81 bits per heavy atom. The number of carbonyl (C=O) groups is 2. The number of nitrogens with zero attached hydrogens (tertiary/aromatic N) is 2. The minimum Gasteiger partial charge on any atom is -0.497 e. The van der Waals surface area contributed by atoms with Crippen LogP contribution in [0.2, 0.25) is 0 Å². The van der Waals surface area contributed by atoms with Crippen LogP contribution in [0.4, 0.5) is 14.9 Å². The number of rotatable bonds is 5. The van der Waals surface area contributed by atoms with Gasteiger partial charge in [0.2, 0.25) is 5.91 Å². The van der Waals surface area contributed by atoms with E-state index in [4.69, 9.17) is 9.47 Å². The number of amides is 2. The van der Waals surface area contributed by atoms with Crippen LogP contribution in [-0.2, 0) is 16.1 Å². The lowest BCUT2D eigenvalue weighted by Crippen LogP contribution is -2.57. The third kappa shape index (κ3) is 5.76. The Morgan fingerprint density at radius 1 is 1.16 bits per heavy atom. The van der Waals surface area contributed by atoms with Gasteiger partial charge in [-0.1, -0.05) is 12.1 Å². The lowest BCUT2D eigenvalue weighted by atomic mass is 9.98. The zero-order chi connectivity index (χ0) is 22.8. The second-order valence-electron chi connectivity index (χ2n) is 8.45. The molecule has 0 atom stereocenters. The summed E-state index contributed by atoms with van der Waals surface area (Å²) >= 11 is 3.37. The topological polar surface area (TPSA) is 59.1 Å². The smallest absolute Gasteiger partial charge is 0.410 e. The maximum Gasteiger partial charge on any atom is 0.410 e. The van der Waals surface area contributed by atoms with Crippen molar-refractivity contribution in [2.75, 3.05) is 25.1 Å². The summed E-state index contributed by atoms with van der Waals surface area (Å²) in [7, 11) is 1.59. The van der Waals surface area contributed by atoms with Gasteiger partial charge >= 0.3 is 6.09 Å². The van der Waals surface area contributed by atoms with Crippen molar-refractivity contribution in [1.29, 1.82) is 0 Å². The molecular formula is C23H26BrFN2O4. The average Bonchev–Trinajstić information content (AvgIpc) is 2.64. The highest BCUT2D eigenvalue weighted by Crippen LogP contribution is 2.32. The molecule has 6 nitrogen and oxygen atoms in total. The summed E-state index contributed by atoms with van der Waals surface area (Å²) < 4.78 is 24.7. The largest absolute Gasteiger partial charge is 0.497 e. The molecule has 2 aromatic rings. The number of benzene rings is 2. The van der Waals surface area contributed by atoms with E-state index in [9.17, 15) is 14.0 Å². The molecule has 3 rings (SSSR count). The van der Waals surface area contributed by atoms with Crippen molar-refractivity contribution >= 4 is 33.6 Å². The van der Waals surface area contributed by atoms with Gasteiger partial charge < -0.3 is 19.3 Å². The first-order chi connectivity index (χ1) is 14.6. The van der Waals surface area contributed by atoms with Gasteiger partial charge in [0, 0.05) is 17.6 Å². The van der Waals surface area contributed by atoms with Crippen LogP contribution in [0.5, 0.6) is 5.75 Å². The Bertz CT molecular complexity index is 953. The van der Waals surface area contributed by atoms with Gasteiger partial charge in [-0.25, -0.2) is 9.18 Å². The van der Waals surface area contributed by atoms with Gasteiger partial charge in [0.05, 0.1) is 25.3 Å². The van der Waals surface area contributed by atoms with Crippen LogP contribution < -0.4 is 9.64 Å². The van der Waals surface area contributed by atoms with Gasteiger partial charge in [0.15, 0.2) is 0 Å². The van der Waals surface area contributed by atoms with E-state index in [2.05, 4.69) is 15.9 Å². The van der Waals surface area contributed by atoms with Crippen LogP contribution in [-0.4, -0.2) is 42.7 Å². The van der Waals surface area contributed by atoms with Gasteiger partial charge in [-0.3, -0.25) is 4.79 Å². The molecule has 1 heterocycles. The molecule has 1 aliphatic rings. The summed E-state index contributed by atoms with van der Waals surface area (Å²) in [6.45, 7) is 6.27. The second kappa shape index (κ2) is 9.26. The average molecular weight is 493 g/mol. The molecular weight excluding hydrogens is 467 g/mol. The Balaban J connectivity index is 1.78. The normalized spacial score (nSPS) is 14.1. The fourth-order valence-corrected chi connectivity index (χ4v) is 3.79. The molecule has 0 saturated carbocycles. The molecule has 0 unspecified atom stereocenters. The summed E-state index contributed by atoms with van der Waals surface area (Å²) in [4.78, 5) is 28.7. The van der Waals surface area contributed by atoms with Gasteiger partial charge in [0.25, 0.3) is 0 Å². The zero-order valence-electron chi connectivity index (χ0n) is 18.0. The predicted molar refractivity (Wildman–Crippen MR) is 120 cm³/mol. The molecule has 0 radical (unpaired) electrons. The highest BCUT2D eigenvalue weighted by atomic mass is 79.9. The predicted octanol–water partition coefficient (Wildman–Crippen LogP) is 5.00. The van der Waals surface area contributed by atoms with Crippen LogP contribution in [0.3, 0.4) is 0 Å². The second-order valence-corrected chi connectivity index (χ2v) is 9.30. The van der Waals surface area contributed by atoms with E-state index in [0.29, 0.717) is 16.7 Å². The molecule has 0 bridgehead atoms. The number of ether oxygens (including phenoxy) is 2. The van der Waals surface area contributed by atoms with Gasteiger partial charge in [-0.05, 0) is 72.6 Å². The summed E-state index contributed by atoms with van der Waals surface area (Å²) in [5.74, 6) is -0.172. The summed E-state index contributed by atoms with van der Waals surface area (Å²) in [5.41, 5.74) is 0.873. The van der Waals surface area contributed by atoms with Crippen LogP contribution in [0.25, 0.3) is 0 Å². The van der Waals surface area contributed by atoms with E-state index in [1.807, 2.05) is 24.3 Å². The Kier molecular flexibility index (Phi) is 6.89. The van der Waals surface area contributed by atoms with E-state index < -0.39 is 17.5 Å². The van der Waals surface area contributed by atoms with Crippen molar-refractivity contribution in [3.05, 3.63) is 58.3 Å². The molecule has 0 spiro atoms. The first-order valence-electron chi connectivity index (χ1n) is 9.94. The van der Waals surface area contributed by atoms with Crippen molar-refractivity contribution in [1.82, 2.24) is 4.90 Å². The van der Waals surface area contributed by atoms with Crippen molar-refractivity contribution in [3.63, 3.8) is 0 Å². The number of hydrogen-bond acceptors (Lipinski definition) is 4. The minimum absolute atomic E-state index is 0.136. The quantitative estimate of drug-likeness (QED) is 0.589. The number of likely N-dealkylation sites (tertiary alicyclic amines) is 1. The number of methoxy groups -OCH3 is 1. The third-order valence-corrected chi connectivity index (χ3v) is 5.48. The summed E-state index contributed by atoms with van der Waals surface area (Å²) in [6.07, 6.45) is -0.429. The molecule has 166 valence electrons. The van der Waals surface area contributed by atoms with E-state index in [1.54, 1.807) is 38.8 Å². The molecule has 1 aliphatic heterocycles. The molecule has 31 heavy (non-hydrogen) atoms. The van der Waals surface area contributed by atoms with E-state index in [-0.39, 0.29) is 24.9 Å². The van der Waals surface area contributed by atoms with Gasteiger partial charge in [-0.15, -0.1) is 0 Å². The fourth-order valence-electron chi connectivity index (χ4n) is 3.23. The summed E-state index contributed by atoms with van der Waals surface area (Å²) in [6, 6.07) is 11.6. The van der Waals surface area contributed by atoms with E-state index in [0.717, 1.165) is 11.3 Å². The monoisotopic (exact) mass is 492 g/mol. The molecule has 2 amide bonds. The SMILES string of the molecule is COc1ccc(CN(C(=O)C2CN(C(=O)OC(C)(C)C)C2)c2ccc(F)cc2Br)cc1. The molecule has 1 saturated heterocycles. The maximum absolute atomic E-state index is 13.6. The Hall–Kier alpha value is -2.61. The Morgan fingerprint density at radius 3 is 2.35 bits per heavy atom. The third-order valence-electron chi connectivity index (χ3n) is 4.85. The fraction of sp³-hybridized carbons (Fsp3) is 0.391. The highest BCUT2D eigenvalue weighted by Gasteiger charge is 2.40. The zero-order valence-corrected chi connectivity index (χ0v) is 19.6. The van der Waals surface area contributed by atoms with Crippen LogP contribution in [0.1, 0.15) is 26.3 Å². The number of halogens is 2. The number of hydrogen-bond donors (Lipinski definition) is 0. The van der Waals surface area contributed by atoms with Crippen molar-refractivity contribution < 1.29 is 23.5 Å². The van der Waals surface area contributed by atoms with Crippen LogP contribution in [0, 0.1) is 11.7 Å². The van der Waals surface area contributed by atoms with E-state index in [1.165, 1.54) is 17.0 Å². The van der Waals surface area contributed by atoms with Crippen molar-refractivity contribution in [3.8, 4) is 5.75 Å². The first kappa shape index (κ1) is 23.1. The lowest BCUT2D eigenvalue weighted by molar-refractivity contribution is -0.127. The minimum atomic E-state index is -0.592. The molecule has 2 aromatic carbocycles. The van der Waals surface area contributed by atoms with Crippen LogP contribution >= 0.6 is 15.9 Å². The first-order valence-corrected chi connectivity index (χ1v) is 10.7. The van der Waals surface area contributed by atoms with Crippen molar-refractivity contribution in [2.45, 2.75) is 32.9 Å². The maximum atomic E-state index is 13.6. The molecule has 0 aromatic heterocycles. The van der Waals surface area contributed by atoms with Crippen LogP contribution in [0.15, 0.2) is 46.9 Å². The summed E-state index contributed by atoms with van der Waals surface area (Å²) in [5, 5.41) is 0. The Labute approximate surface area is 190 Å². The molecule has 0 aliphatic carbocycles. The lowest BCUT2D eigenvalue weighted by Gasteiger charge is -2.41. The molecule has 0 N–H and O–H groups in total. The van der Waals surface area contributed by atoms with Crippen molar-refractivity contribution in [2.24, 2.45) is 5.92 Å². The molecule has 1 fully saturated rings. The highest BCUT2D eigenvalue weighted by molar-refractivity contribution is 9.10. The number of carbonyl (C=O) groups excluding carboxylic acids is 2. The van der Waals surface area contributed by atoms with Gasteiger partial charge in [-0.2, -0.15) is 0 Å². The van der Waals surface area contributed by atoms with Gasteiger partial charge in [0.1, 0.15) is 17.2 Å². The van der Waals surface area contributed by atoms with E-state index >= 15 is 0 Å².